The topological polar surface area (TPSA) is 86.1 Å². The normalized spacial score (nSPS) is 10.1. The van der Waals surface area contributed by atoms with E-state index < -0.39 is 17.8 Å². The predicted octanol–water partition coefficient (Wildman–Crippen LogP) is 3.50. The van der Waals surface area contributed by atoms with Gasteiger partial charge in [0.25, 0.3) is 11.8 Å². The lowest BCUT2D eigenvalue weighted by molar-refractivity contribution is 0.0830. The number of rotatable bonds is 6. The molecule has 134 valence electrons. The summed E-state index contributed by atoms with van der Waals surface area (Å²) in [6, 6.07) is 7.26. The molecule has 0 radical (unpaired) electrons. The zero-order valence-corrected chi connectivity index (χ0v) is 14.6. The van der Waals surface area contributed by atoms with Gasteiger partial charge in [-0.2, -0.15) is 9.65 Å². The number of hydrogen-bond acceptors (Lipinski definition) is 4. The highest BCUT2D eigenvalue weighted by Gasteiger charge is 2.17. The molecule has 0 saturated carbocycles. The Kier molecular flexibility index (Phi) is 6.39. The van der Waals surface area contributed by atoms with Crippen LogP contribution in [0, 0.1) is 24.3 Å². The lowest BCUT2D eigenvalue weighted by Gasteiger charge is -2.15. The molecule has 26 heavy (non-hydrogen) atoms. The SMILES string of the molecule is CCCCN(C#N)C(=O)c1ccc(C)c(NC(=O)c2ccc(F)nc2)c1. The lowest BCUT2D eigenvalue weighted by atomic mass is 10.1. The van der Waals surface area contributed by atoms with Crippen LogP contribution in [0.15, 0.2) is 36.5 Å². The van der Waals surface area contributed by atoms with Crippen molar-refractivity contribution in [2.24, 2.45) is 0 Å². The van der Waals surface area contributed by atoms with Crippen LogP contribution in [-0.4, -0.2) is 28.2 Å². The monoisotopic (exact) mass is 354 g/mol. The zero-order chi connectivity index (χ0) is 19.1. The van der Waals surface area contributed by atoms with Crippen LogP contribution in [0.2, 0.25) is 0 Å². The molecule has 0 aliphatic rings. The van der Waals surface area contributed by atoms with Gasteiger partial charge in [-0.1, -0.05) is 19.4 Å². The Balaban J connectivity index is 2.21. The molecule has 1 aromatic carbocycles. The maximum absolute atomic E-state index is 12.9. The van der Waals surface area contributed by atoms with Gasteiger partial charge < -0.3 is 5.32 Å². The number of anilines is 1. The van der Waals surface area contributed by atoms with Gasteiger partial charge in [-0.25, -0.2) is 9.88 Å². The Morgan fingerprint density at radius 3 is 2.62 bits per heavy atom. The van der Waals surface area contributed by atoms with Crippen molar-refractivity contribution >= 4 is 17.5 Å². The van der Waals surface area contributed by atoms with Crippen molar-refractivity contribution in [1.29, 1.82) is 5.26 Å². The van der Waals surface area contributed by atoms with Crippen LogP contribution in [0.25, 0.3) is 0 Å². The number of hydrogen-bond donors (Lipinski definition) is 1. The van der Waals surface area contributed by atoms with E-state index in [0.29, 0.717) is 17.8 Å². The van der Waals surface area contributed by atoms with E-state index >= 15 is 0 Å². The number of aromatic nitrogens is 1. The van der Waals surface area contributed by atoms with Crippen LogP contribution in [-0.2, 0) is 0 Å². The molecule has 2 aromatic rings. The van der Waals surface area contributed by atoms with Crippen LogP contribution in [0.3, 0.4) is 0 Å². The van der Waals surface area contributed by atoms with Gasteiger partial charge in [0.2, 0.25) is 5.95 Å². The quantitative estimate of drug-likeness (QED) is 0.489. The summed E-state index contributed by atoms with van der Waals surface area (Å²) in [7, 11) is 0. The third-order valence-electron chi connectivity index (χ3n) is 3.82. The summed E-state index contributed by atoms with van der Waals surface area (Å²) in [5.41, 5.74) is 1.70. The van der Waals surface area contributed by atoms with E-state index in [1.807, 2.05) is 13.1 Å². The molecule has 6 nitrogen and oxygen atoms in total. The number of pyridine rings is 1. The molecular weight excluding hydrogens is 335 g/mol. The second kappa shape index (κ2) is 8.72. The number of carbonyl (C=O) groups excluding carboxylic acids is 2. The molecule has 1 heterocycles. The van der Waals surface area contributed by atoms with Crippen LogP contribution in [0.4, 0.5) is 10.1 Å². The summed E-state index contributed by atoms with van der Waals surface area (Å²) in [5, 5.41) is 11.9. The Morgan fingerprint density at radius 2 is 2.00 bits per heavy atom. The maximum Gasteiger partial charge on any atom is 0.266 e. The Bertz CT molecular complexity index is 844. The molecule has 2 amide bonds. The van der Waals surface area contributed by atoms with Crippen molar-refractivity contribution in [3.8, 4) is 6.19 Å². The highest BCUT2D eigenvalue weighted by Crippen LogP contribution is 2.19. The van der Waals surface area contributed by atoms with E-state index in [2.05, 4.69) is 10.3 Å². The molecule has 0 aliphatic carbocycles. The van der Waals surface area contributed by atoms with Crippen molar-refractivity contribution < 1.29 is 14.0 Å². The summed E-state index contributed by atoms with van der Waals surface area (Å²) in [6.45, 7) is 4.11. The second-order valence-electron chi connectivity index (χ2n) is 5.76. The second-order valence-corrected chi connectivity index (χ2v) is 5.76. The molecule has 0 unspecified atom stereocenters. The smallest absolute Gasteiger partial charge is 0.266 e. The number of carbonyl (C=O) groups is 2. The fourth-order valence-electron chi connectivity index (χ4n) is 2.26. The number of nitrogens with one attached hydrogen (secondary N) is 1. The van der Waals surface area contributed by atoms with Gasteiger partial charge in [0, 0.05) is 24.0 Å². The summed E-state index contributed by atoms with van der Waals surface area (Å²) in [5.74, 6) is -1.55. The molecule has 0 aliphatic heterocycles. The van der Waals surface area contributed by atoms with Gasteiger partial charge in [0.1, 0.15) is 0 Å². The average Bonchev–Trinajstić information content (AvgIpc) is 2.64. The van der Waals surface area contributed by atoms with Crippen molar-refractivity contribution in [3.05, 3.63) is 59.2 Å². The van der Waals surface area contributed by atoms with Gasteiger partial charge in [-0.15, -0.1) is 0 Å². The lowest BCUT2D eigenvalue weighted by Crippen LogP contribution is -2.27. The van der Waals surface area contributed by atoms with E-state index in [1.54, 1.807) is 19.1 Å². The van der Waals surface area contributed by atoms with Gasteiger partial charge in [0.05, 0.1) is 5.56 Å². The highest BCUT2D eigenvalue weighted by atomic mass is 19.1. The van der Waals surface area contributed by atoms with E-state index in [9.17, 15) is 19.2 Å². The maximum atomic E-state index is 12.9. The molecule has 2 rings (SSSR count). The van der Waals surface area contributed by atoms with E-state index in [4.69, 9.17) is 0 Å². The first-order valence-electron chi connectivity index (χ1n) is 8.21. The number of nitrogens with zero attached hydrogens (tertiary/aromatic N) is 3. The zero-order valence-electron chi connectivity index (χ0n) is 14.6. The van der Waals surface area contributed by atoms with Crippen LogP contribution in [0.5, 0.6) is 0 Å². The van der Waals surface area contributed by atoms with Crippen LogP contribution in [0.1, 0.15) is 46.0 Å². The number of benzene rings is 1. The van der Waals surface area contributed by atoms with Gasteiger partial charge in [-0.05, 0) is 43.2 Å². The average molecular weight is 354 g/mol. The third kappa shape index (κ3) is 4.63. The Hall–Kier alpha value is -3.27. The molecule has 1 aromatic heterocycles. The minimum atomic E-state index is -0.672. The minimum absolute atomic E-state index is 0.198. The molecule has 0 atom stereocenters. The third-order valence-corrected chi connectivity index (χ3v) is 3.82. The fraction of sp³-hybridized carbons (Fsp3) is 0.263. The molecule has 0 spiro atoms. The molecule has 0 bridgehead atoms. The molecule has 1 N–H and O–H groups in total. The number of amides is 2. The standard InChI is InChI=1S/C19H19FN4O2/c1-3-4-9-24(12-21)19(26)14-6-5-13(2)16(10-14)23-18(25)15-7-8-17(20)22-11-15/h5-8,10-11H,3-4,9H2,1-2H3,(H,23,25). The molecule has 7 heteroatoms. The Morgan fingerprint density at radius 1 is 1.27 bits per heavy atom. The van der Waals surface area contributed by atoms with E-state index in [1.165, 1.54) is 12.1 Å². The molecular formula is C19H19FN4O2. The first-order chi connectivity index (χ1) is 12.5. The van der Waals surface area contributed by atoms with Crippen molar-refractivity contribution in [2.45, 2.75) is 26.7 Å². The first-order valence-corrected chi connectivity index (χ1v) is 8.21. The van der Waals surface area contributed by atoms with Gasteiger partial charge in [0.15, 0.2) is 6.19 Å². The van der Waals surface area contributed by atoms with E-state index in [0.717, 1.165) is 35.6 Å². The van der Waals surface area contributed by atoms with Crippen LogP contribution >= 0.6 is 0 Å². The van der Waals surface area contributed by atoms with Gasteiger partial charge in [-0.3, -0.25) is 9.59 Å². The van der Waals surface area contributed by atoms with Crippen molar-refractivity contribution in [3.63, 3.8) is 0 Å². The Labute approximate surface area is 151 Å². The summed E-state index contributed by atoms with van der Waals surface area (Å²) in [6.07, 6.45) is 4.63. The highest BCUT2D eigenvalue weighted by molar-refractivity contribution is 6.05. The molecule has 0 saturated heterocycles. The number of nitriles is 1. The molecule has 0 fully saturated rings. The fourth-order valence-corrected chi connectivity index (χ4v) is 2.26. The van der Waals surface area contributed by atoms with Crippen molar-refractivity contribution in [2.75, 3.05) is 11.9 Å². The predicted molar refractivity (Wildman–Crippen MR) is 94.9 cm³/mol. The summed E-state index contributed by atoms with van der Waals surface area (Å²) in [4.78, 5) is 29.3. The van der Waals surface area contributed by atoms with E-state index in [-0.39, 0.29) is 5.56 Å². The van der Waals surface area contributed by atoms with Gasteiger partial charge >= 0.3 is 0 Å². The number of unbranched alkanes of at least 4 members (excludes halogenated alkanes) is 1. The number of aryl methyl sites for hydroxylation is 1. The minimum Gasteiger partial charge on any atom is -0.322 e. The van der Waals surface area contributed by atoms with Crippen molar-refractivity contribution in [1.82, 2.24) is 9.88 Å². The largest absolute Gasteiger partial charge is 0.322 e. The van der Waals surface area contributed by atoms with Crippen LogP contribution < -0.4 is 5.32 Å². The summed E-state index contributed by atoms with van der Waals surface area (Å²) >= 11 is 0. The number of halogens is 1. The first kappa shape index (κ1) is 19.1. The summed E-state index contributed by atoms with van der Waals surface area (Å²) < 4.78 is 12.9.